The molecule has 2 nitrogen and oxygen atoms in total. The monoisotopic (exact) mass is 246 g/mol. The van der Waals surface area contributed by atoms with E-state index < -0.39 is 0 Å². The highest BCUT2D eigenvalue weighted by atomic mass is 15.3. The molecule has 18 heavy (non-hydrogen) atoms. The second kappa shape index (κ2) is 9.46. The zero-order valence-corrected chi connectivity index (χ0v) is 12.6. The Morgan fingerprint density at radius 3 is 2.22 bits per heavy atom. The summed E-state index contributed by atoms with van der Waals surface area (Å²) in [5, 5.41) is 4.35. The molecule has 0 radical (unpaired) electrons. The average molecular weight is 246 g/mol. The van der Waals surface area contributed by atoms with E-state index in [0.717, 1.165) is 12.1 Å². The molecule has 0 spiro atoms. The van der Waals surface area contributed by atoms with Crippen molar-refractivity contribution in [3.63, 3.8) is 0 Å². The van der Waals surface area contributed by atoms with Crippen molar-refractivity contribution in [1.29, 1.82) is 0 Å². The largest absolute Gasteiger partial charge is 0.268 e. The topological polar surface area (TPSA) is 17.8 Å². The Hall–Kier alpha value is -1.57. The summed E-state index contributed by atoms with van der Waals surface area (Å²) in [4.78, 5) is 0. The van der Waals surface area contributed by atoms with Crippen LogP contribution in [0.5, 0.6) is 0 Å². The summed E-state index contributed by atoms with van der Waals surface area (Å²) in [6.45, 7) is 10.0. The molecule has 1 aliphatic rings. The van der Waals surface area contributed by atoms with Crippen LogP contribution in [0, 0.1) is 6.92 Å². The van der Waals surface area contributed by atoms with Crippen LogP contribution in [-0.4, -0.2) is 9.78 Å². The molecule has 2 heteroatoms. The normalized spacial score (nSPS) is 12.1. The molecule has 1 aromatic rings. The summed E-state index contributed by atoms with van der Waals surface area (Å²) in [7, 11) is 1.98. The average Bonchev–Trinajstić information content (AvgIpc) is 2.62. The summed E-state index contributed by atoms with van der Waals surface area (Å²) < 4.78 is 1.93. The van der Waals surface area contributed by atoms with Gasteiger partial charge in [-0.25, -0.2) is 0 Å². The third-order valence-corrected chi connectivity index (χ3v) is 2.48. The summed E-state index contributed by atoms with van der Waals surface area (Å²) >= 11 is 0. The van der Waals surface area contributed by atoms with E-state index in [-0.39, 0.29) is 0 Å². The van der Waals surface area contributed by atoms with Gasteiger partial charge in [0.15, 0.2) is 0 Å². The van der Waals surface area contributed by atoms with Gasteiger partial charge in [-0.05, 0) is 33.3 Å². The van der Waals surface area contributed by atoms with Crippen molar-refractivity contribution < 1.29 is 0 Å². The zero-order valence-electron chi connectivity index (χ0n) is 12.6. The zero-order chi connectivity index (χ0) is 14.0. The molecular formula is C16H26N2. The molecular weight excluding hydrogens is 220 g/mol. The lowest BCUT2D eigenvalue weighted by Gasteiger charge is -1.93. The van der Waals surface area contributed by atoms with E-state index in [1.807, 2.05) is 58.5 Å². The van der Waals surface area contributed by atoms with Gasteiger partial charge in [-0.2, -0.15) is 5.10 Å². The van der Waals surface area contributed by atoms with E-state index in [1.54, 1.807) is 0 Å². The van der Waals surface area contributed by atoms with Crippen molar-refractivity contribution in [2.75, 3.05) is 0 Å². The van der Waals surface area contributed by atoms with Gasteiger partial charge in [-0.3, -0.25) is 4.68 Å². The van der Waals surface area contributed by atoms with E-state index in [0.29, 0.717) is 0 Å². The van der Waals surface area contributed by atoms with Gasteiger partial charge in [0, 0.05) is 12.6 Å². The van der Waals surface area contributed by atoms with Gasteiger partial charge < -0.3 is 0 Å². The first-order chi connectivity index (χ1) is 8.70. The minimum absolute atomic E-state index is 1.02. The van der Waals surface area contributed by atoms with Crippen LogP contribution < -0.4 is 0 Å². The Balaban J connectivity index is 0.000000415. The molecule has 100 valence electrons. The molecule has 0 fully saturated rings. The summed E-state index contributed by atoms with van der Waals surface area (Å²) in [6, 6.07) is 0. The van der Waals surface area contributed by atoms with E-state index in [9.17, 15) is 0 Å². The highest BCUT2D eigenvalue weighted by Crippen LogP contribution is 2.19. The molecule has 0 unspecified atom stereocenters. The van der Waals surface area contributed by atoms with Crippen molar-refractivity contribution in [2.45, 2.75) is 41.0 Å². The molecule has 2 rings (SSSR count). The van der Waals surface area contributed by atoms with Crippen LogP contribution in [0.2, 0.25) is 0 Å². The first-order valence-corrected chi connectivity index (χ1v) is 6.64. The smallest absolute Gasteiger partial charge is 0.0678 e. The van der Waals surface area contributed by atoms with Gasteiger partial charge in [0.1, 0.15) is 0 Å². The number of aryl methyl sites for hydroxylation is 2. The van der Waals surface area contributed by atoms with E-state index in [4.69, 9.17) is 0 Å². The van der Waals surface area contributed by atoms with Gasteiger partial charge >= 0.3 is 0 Å². The third kappa shape index (κ3) is 4.74. The predicted octanol–water partition coefficient (Wildman–Crippen LogP) is 4.77. The van der Waals surface area contributed by atoms with Crippen molar-refractivity contribution in [3.8, 4) is 0 Å². The fourth-order valence-corrected chi connectivity index (χ4v) is 1.54. The number of allylic oxidation sites excluding steroid dienone is 4. The van der Waals surface area contributed by atoms with Crippen molar-refractivity contribution >= 4 is 12.2 Å². The third-order valence-electron chi connectivity index (χ3n) is 2.48. The van der Waals surface area contributed by atoms with Crippen molar-refractivity contribution in [2.24, 2.45) is 7.05 Å². The van der Waals surface area contributed by atoms with Crippen LogP contribution in [-0.2, 0) is 7.05 Å². The van der Waals surface area contributed by atoms with Crippen LogP contribution in [0.25, 0.3) is 12.2 Å². The van der Waals surface area contributed by atoms with Gasteiger partial charge in [0.05, 0.1) is 11.4 Å². The highest BCUT2D eigenvalue weighted by Gasteiger charge is 2.08. The number of aromatic nitrogens is 2. The van der Waals surface area contributed by atoms with Crippen LogP contribution >= 0.6 is 0 Å². The fourth-order valence-electron chi connectivity index (χ4n) is 1.54. The lowest BCUT2D eigenvalue weighted by atomic mass is 10.2. The lowest BCUT2D eigenvalue weighted by molar-refractivity contribution is 0.749. The van der Waals surface area contributed by atoms with E-state index >= 15 is 0 Å². The molecule has 0 aliphatic heterocycles. The fraction of sp³-hybridized carbons (Fsp3) is 0.438. The maximum Gasteiger partial charge on any atom is 0.0678 e. The molecule has 0 aromatic carbocycles. The molecule has 0 N–H and O–H groups in total. The molecule has 0 amide bonds. The molecule has 1 heterocycles. The Morgan fingerprint density at radius 2 is 1.67 bits per heavy atom. The Kier molecular flexibility index (Phi) is 8.63. The van der Waals surface area contributed by atoms with Crippen LogP contribution in [0.4, 0.5) is 0 Å². The quantitative estimate of drug-likeness (QED) is 0.603. The summed E-state index contributed by atoms with van der Waals surface area (Å²) in [5.41, 5.74) is 3.57. The first kappa shape index (κ1) is 16.4. The second-order valence-electron chi connectivity index (χ2n) is 3.72. The lowest BCUT2D eigenvalue weighted by Crippen LogP contribution is -1.92. The maximum atomic E-state index is 4.35. The molecule has 1 aromatic heterocycles. The number of hydrogen-bond acceptors (Lipinski definition) is 1. The van der Waals surface area contributed by atoms with Gasteiger partial charge in [-0.15, -0.1) is 0 Å². The minimum Gasteiger partial charge on any atom is -0.268 e. The SMILES string of the molecule is C/C=C/C.CC.Cc1nn(C)c2c1C=CCC=C2. The second-order valence-corrected chi connectivity index (χ2v) is 3.72. The number of nitrogens with zero attached hydrogens (tertiary/aromatic N) is 2. The number of hydrogen-bond donors (Lipinski definition) is 0. The van der Waals surface area contributed by atoms with Gasteiger partial charge in [0.2, 0.25) is 0 Å². The summed E-state index contributed by atoms with van der Waals surface area (Å²) in [5.74, 6) is 0. The number of rotatable bonds is 0. The van der Waals surface area contributed by atoms with Crippen LogP contribution in [0.1, 0.15) is 51.1 Å². The minimum atomic E-state index is 1.02. The standard InChI is InChI=1S/C10H12N2.C4H8.C2H6/c1-8-9-6-4-3-5-7-10(9)12(2)11-8;1-3-4-2;1-2/h4-7H,3H2,1-2H3;3-4H,1-2H3;1-2H3/b;4-3+;. The Bertz CT molecular complexity index is 384. The maximum absolute atomic E-state index is 4.35. The first-order valence-electron chi connectivity index (χ1n) is 6.64. The number of fused-ring (bicyclic) bond motifs is 1. The molecule has 0 bridgehead atoms. The van der Waals surface area contributed by atoms with Gasteiger partial charge in [-0.1, -0.05) is 44.2 Å². The van der Waals surface area contributed by atoms with E-state index in [2.05, 4.69) is 29.4 Å². The van der Waals surface area contributed by atoms with Crippen LogP contribution in [0.3, 0.4) is 0 Å². The highest BCUT2D eigenvalue weighted by molar-refractivity contribution is 5.66. The van der Waals surface area contributed by atoms with Crippen LogP contribution in [0.15, 0.2) is 24.3 Å². The Morgan fingerprint density at radius 1 is 1.11 bits per heavy atom. The molecule has 1 aliphatic carbocycles. The Labute approximate surface area is 112 Å². The van der Waals surface area contributed by atoms with E-state index in [1.165, 1.54) is 11.3 Å². The molecule has 0 saturated carbocycles. The summed E-state index contributed by atoms with van der Waals surface area (Å²) in [6.07, 6.45) is 13.6. The van der Waals surface area contributed by atoms with Crippen molar-refractivity contribution in [1.82, 2.24) is 9.78 Å². The van der Waals surface area contributed by atoms with Gasteiger partial charge in [0.25, 0.3) is 0 Å². The van der Waals surface area contributed by atoms with Crippen molar-refractivity contribution in [3.05, 3.63) is 41.3 Å². The predicted molar refractivity (Wildman–Crippen MR) is 82.5 cm³/mol. The molecule has 0 atom stereocenters. The molecule has 0 saturated heterocycles.